The third-order valence-electron chi connectivity index (χ3n) is 6.14. The number of methoxy groups -OCH3 is 1. The van der Waals surface area contributed by atoms with Gasteiger partial charge < -0.3 is 15.4 Å². The summed E-state index contributed by atoms with van der Waals surface area (Å²) in [6.45, 7) is 2.13. The number of carbonyl (C=O) groups excluding carboxylic acids is 2. The highest BCUT2D eigenvalue weighted by atomic mass is 16.5. The second kappa shape index (κ2) is 8.60. The fourth-order valence-electron chi connectivity index (χ4n) is 4.31. The predicted octanol–water partition coefficient (Wildman–Crippen LogP) is 2.64. The zero-order chi connectivity index (χ0) is 24.7. The highest BCUT2D eigenvalue weighted by Crippen LogP contribution is 2.29. The number of anilines is 1. The van der Waals surface area contributed by atoms with Gasteiger partial charge in [-0.3, -0.25) is 19.0 Å². The molecule has 2 aromatic carbocycles. The van der Waals surface area contributed by atoms with E-state index < -0.39 is 5.91 Å². The fourth-order valence-corrected chi connectivity index (χ4v) is 4.31. The summed E-state index contributed by atoms with van der Waals surface area (Å²) in [6.07, 6.45) is 2.13. The van der Waals surface area contributed by atoms with Gasteiger partial charge in [0, 0.05) is 35.2 Å². The summed E-state index contributed by atoms with van der Waals surface area (Å²) in [4.78, 5) is 39.8. The molecule has 9 heteroatoms. The van der Waals surface area contributed by atoms with Crippen LogP contribution in [-0.4, -0.2) is 39.8 Å². The van der Waals surface area contributed by atoms with E-state index in [1.54, 1.807) is 84.3 Å². The van der Waals surface area contributed by atoms with Crippen molar-refractivity contribution in [1.29, 1.82) is 0 Å². The van der Waals surface area contributed by atoms with Crippen molar-refractivity contribution in [2.45, 2.75) is 13.3 Å². The smallest absolute Gasteiger partial charge is 0.277 e. The number of hydrogen-bond acceptors (Lipinski definition) is 5. The van der Waals surface area contributed by atoms with Crippen molar-refractivity contribution < 1.29 is 14.3 Å². The Hall–Kier alpha value is -4.66. The first-order valence-electron chi connectivity index (χ1n) is 11.1. The molecule has 0 saturated heterocycles. The van der Waals surface area contributed by atoms with Crippen molar-refractivity contribution in [2.24, 2.45) is 5.73 Å². The maximum absolute atomic E-state index is 13.7. The Kier molecular flexibility index (Phi) is 5.44. The molecule has 2 amide bonds. The van der Waals surface area contributed by atoms with Gasteiger partial charge in [0.25, 0.3) is 17.4 Å². The molecule has 5 rings (SSSR count). The van der Waals surface area contributed by atoms with Gasteiger partial charge in [-0.2, -0.15) is 5.10 Å². The monoisotopic (exact) mass is 469 g/mol. The lowest BCUT2D eigenvalue weighted by Crippen LogP contribution is -2.39. The van der Waals surface area contributed by atoms with Crippen LogP contribution in [0.25, 0.3) is 11.4 Å². The minimum absolute atomic E-state index is 0.0954. The highest BCUT2D eigenvalue weighted by molar-refractivity contribution is 6.09. The molecule has 0 atom stereocenters. The van der Waals surface area contributed by atoms with Gasteiger partial charge >= 0.3 is 0 Å². The van der Waals surface area contributed by atoms with E-state index in [-0.39, 0.29) is 17.2 Å². The summed E-state index contributed by atoms with van der Waals surface area (Å²) >= 11 is 0. The number of benzene rings is 2. The molecule has 2 N–H and O–H groups in total. The van der Waals surface area contributed by atoms with Crippen LogP contribution in [0.1, 0.15) is 32.1 Å². The lowest BCUT2D eigenvalue weighted by molar-refractivity contribution is 0.0972. The molecule has 9 nitrogen and oxygen atoms in total. The number of primary amides is 1. The summed E-state index contributed by atoms with van der Waals surface area (Å²) in [6, 6.07) is 17.8. The quantitative estimate of drug-likeness (QED) is 0.483. The van der Waals surface area contributed by atoms with Gasteiger partial charge in [0.15, 0.2) is 5.69 Å². The molecule has 35 heavy (non-hydrogen) atoms. The van der Waals surface area contributed by atoms with Crippen molar-refractivity contribution in [3.05, 3.63) is 99.7 Å². The molecular formula is C26H23N5O4. The van der Waals surface area contributed by atoms with Crippen molar-refractivity contribution in [1.82, 2.24) is 14.3 Å². The number of aryl methyl sites for hydroxylation is 1. The second-order valence-electron chi connectivity index (χ2n) is 8.24. The molecule has 0 bridgehead atoms. The summed E-state index contributed by atoms with van der Waals surface area (Å²) in [5.74, 6) is -0.309. The highest BCUT2D eigenvalue weighted by Gasteiger charge is 2.34. The maximum atomic E-state index is 13.7. The summed E-state index contributed by atoms with van der Waals surface area (Å²) in [5, 5.41) is 4.38. The van der Waals surface area contributed by atoms with Crippen molar-refractivity contribution >= 4 is 17.5 Å². The van der Waals surface area contributed by atoms with Gasteiger partial charge in [-0.05, 0) is 67.9 Å². The zero-order valence-corrected chi connectivity index (χ0v) is 19.3. The van der Waals surface area contributed by atoms with E-state index >= 15 is 0 Å². The third-order valence-corrected chi connectivity index (χ3v) is 6.14. The van der Waals surface area contributed by atoms with E-state index in [4.69, 9.17) is 10.5 Å². The number of rotatable bonds is 5. The Morgan fingerprint density at radius 2 is 1.63 bits per heavy atom. The lowest BCUT2D eigenvalue weighted by Gasteiger charge is -2.28. The largest absolute Gasteiger partial charge is 0.497 e. The zero-order valence-electron chi connectivity index (χ0n) is 19.3. The van der Waals surface area contributed by atoms with E-state index in [1.807, 2.05) is 6.07 Å². The van der Waals surface area contributed by atoms with Crippen LogP contribution in [0.4, 0.5) is 5.69 Å². The molecule has 1 aliphatic rings. The third kappa shape index (κ3) is 3.76. The predicted molar refractivity (Wildman–Crippen MR) is 131 cm³/mol. The van der Waals surface area contributed by atoms with E-state index in [9.17, 15) is 14.4 Å². The van der Waals surface area contributed by atoms with Gasteiger partial charge in [0.1, 0.15) is 11.4 Å². The number of aromatic nitrogens is 3. The number of amides is 2. The number of ether oxygens (including phenoxy) is 1. The Labute approximate surface area is 201 Å². The summed E-state index contributed by atoms with van der Waals surface area (Å²) in [7, 11) is 1.57. The number of pyridine rings is 1. The molecule has 0 spiro atoms. The van der Waals surface area contributed by atoms with Crippen LogP contribution in [0.2, 0.25) is 0 Å². The Bertz CT molecular complexity index is 1500. The number of hydrogen-bond donors (Lipinski definition) is 1. The first-order valence-corrected chi connectivity index (χ1v) is 11.1. The van der Waals surface area contributed by atoms with Crippen molar-refractivity contribution in [3.8, 4) is 17.1 Å². The van der Waals surface area contributed by atoms with Crippen LogP contribution in [0.15, 0.2) is 71.7 Å². The topological polar surface area (TPSA) is 112 Å². The molecule has 1 aliphatic heterocycles. The van der Waals surface area contributed by atoms with E-state index in [2.05, 4.69) is 5.10 Å². The van der Waals surface area contributed by atoms with Crippen molar-refractivity contribution in [3.63, 3.8) is 0 Å². The molecule has 0 aliphatic carbocycles. The average molecular weight is 470 g/mol. The number of carbonyl (C=O) groups is 2. The fraction of sp³-hybridized carbons (Fsp3) is 0.154. The average Bonchev–Trinajstić information content (AvgIpc) is 3.27. The van der Waals surface area contributed by atoms with Gasteiger partial charge in [-0.15, -0.1) is 0 Å². The number of fused-ring (bicyclic) bond motifs is 1. The normalized spacial score (nSPS) is 13.0. The number of nitrogens with two attached hydrogens (primary N) is 1. The van der Waals surface area contributed by atoms with Gasteiger partial charge in [0.2, 0.25) is 0 Å². The number of nitrogens with zero attached hydrogens (tertiary/aromatic N) is 4. The minimum Gasteiger partial charge on any atom is -0.497 e. The Morgan fingerprint density at radius 3 is 2.29 bits per heavy atom. The second-order valence-corrected chi connectivity index (χ2v) is 8.24. The summed E-state index contributed by atoms with van der Waals surface area (Å²) in [5.41, 5.74) is 9.04. The van der Waals surface area contributed by atoms with Gasteiger partial charge in [-0.25, -0.2) is 4.68 Å². The molecule has 176 valence electrons. The van der Waals surface area contributed by atoms with Crippen LogP contribution in [0, 0.1) is 6.92 Å². The first-order chi connectivity index (χ1) is 16.9. The molecule has 0 unspecified atom stereocenters. The standard InChI is InChI=1S/C26H23N5O4/c1-16-4-3-14-29(25(16)33)17-5-7-18(8-6-17)30-15-13-21-22(24(27)32)28-31(23(21)26(30)34)19-9-11-20(35-2)12-10-19/h3-12,14H,13,15H2,1-2H3,(H2,27,32). The van der Waals surface area contributed by atoms with Crippen LogP contribution in [0.5, 0.6) is 5.75 Å². The van der Waals surface area contributed by atoms with E-state index in [0.717, 1.165) is 0 Å². The van der Waals surface area contributed by atoms with E-state index in [0.29, 0.717) is 52.6 Å². The Balaban J connectivity index is 1.53. The minimum atomic E-state index is -0.678. The lowest BCUT2D eigenvalue weighted by atomic mass is 10.0. The maximum Gasteiger partial charge on any atom is 0.277 e. The first kappa shape index (κ1) is 22.1. The Morgan fingerprint density at radius 1 is 0.971 bits per heavy atom. The van der Waals surface area contributed by atoms with Crippen LogP contribution < -0.4 is 20.9 Å². The van der Waals surface area contributed by atoms with Crippen LogP contribution in [0.3, 0.4) is 0 Å². The van der Waals surface area contributed by atoms with Gasteiger partial charge in [-0.1, -0.05) is 6.07 Å². The molecule has 0 fully saturated rings. The summed E-state index contributed by atoms with van der Waals surface area (Å²) < 4.78 is 8.24. The van der Waals surface area contributed by atoms with E-state index in [1.165, 1.54) is 4.68 Å². The molecule has 0 radical (unpaired) electrons. The molecular weight excluding hydrogens is 446 g/mol. The van der Waals surface area contributed by atoms with Crippen LogP contribution >= 0.6 is 0 Å². The van der Waals surface area contributed by atoms with Gasteiger partial charge in [0.05, 0.1) is 12.8 Å². The molecule has 0 saturated carbocycles. The van der Waals surface area contributed by atoms with Crippen LogP contribution in [-0.2, 0) is 6.42 Å². The molecule has 4 aromatic rings. The van der Waals surface area contributed by atoms with Crippen molar-refractivity contribution in [2.75, 3.05) is 18.6 Å². The SMILES string of the molecule is COc1ccc(-n2nc(C(N)=O)c3c2C(=O)N(c2ccc(-n4cccc(C)c4=O)cc2)CC3)cc1. The molecule has 2 aromatic heterocycles. The molecule has 3 heterocycles.